The van der Waals surface area contributed by atoms with E-state index in [4.69, 9.17) is 0 Å². The molecule has 0 bridgehead atoms. The van der Waals surface area contributed by atoms with E-state index in [0.29, 0.717) is 0 Å². The van der Waals surface area contributed by atoms with Crippen LogP contribution in [0, 0.1) is 6.92 Å². The van der Waals surface area contributed by atoms with Gasteiger partial charge in [-0.2, -0.15) is 0 Å². The van der Waals surface area contributed by atoms with Crippen LogP contribution in [0.15, 0.2) is 103 Å². The van der Waals surface area contributed by atoms with Crippen molar-refractivity contribution in [2.75, 3.05) is 0 Å². The molecule has 142 valence electrons. The standard InChI is InChI=1S/C27H20.C2H6/c1-19-15-17-21(18-16-19)27-24-13-7-5-11-22(24)26(20-9-3-2-4-10-20)23-12-6-8-14-25(23)27;1-2/h2-18H,1H3;1-2H3. The highest BCUT2D eigenvalue weighted by Gasteiger charge is 2.15. The third kappa shape index (κ3) is 3.43. The van der Waals surface area contributed by atoms with Crippen molar-refractivity contribution in [3.8, 4) is 22.3 Å². The lowest BCUT2D eigenvalue weighted by Crippen LogP contribution is -1.90. The normalized spacial score (nSPS) is 10.6. The summed E-state index contributed by atoms with van der Waals surface area (Å²) >= 11 is 0. The molecule has 0 aliphatic rings. The zero-order valence-corrected chi connectivity index (χ0v) is 17.3. The first kappa shape index (κ1) is 19.0. The van der Waals surface area contributed by atoms with E-state index in [1.807, 2.05) is 13.8 Å². The van der Waals surface area contributed by atoms with Gasteiger partial charge in [-0.3, -0.25) is 0 Å². The minimum Gasteiger partial charge on any atom is -0.0683 e. The van der Waals surface area contributed by atoms with Crippen molar-refractivity contribution in [2.24, 2.45) is 0 Å². The van der Waals surface area contributed by atoms with Gasteiger partial charge in [-0.05, 0) is 50.7 Å². The molecule has 0 saturated heterocycles. The fourth-order valence-corrected chi connectivity index (χ4v) is 4.08. The smallest absolute Gasteiger partial charge is 0.00264 e. The van der Waals surface area contributed by atoms with Gasteiger partial charge in [0.05, 0.1) is 0 Å². The maximum absolute atomic E-state index is 2.25. The number of aryl methyl sites for hydroxylation is 1. The molecule has 0 radical (unpaired) electrons. The van der Waals surface area contributed by atoms with Gasteiger partial charge in [-0.15, -0.1) is 0 Å². The molecule has 0 aromatic heterocycles. The highest BCUT2D eigenvalue weighted by molar-refractivity contribution is 6.21. The molecule has 0 N–H and O–H groups in total. The largest absolute Gasteiger partial charge is 0.0683 e. The van der Waals surface area contributed by atoms with E-state index in [9.17, 15) is 0 Å². The fraction of sp³-hybridized carbons (Fsp3) is 0.103. The number of fused-ring (bicyclic) bond motifs is 2. The summed E-state index contributed by atoms with van der Waals surface area (Å²) in [6.07, 6.45) is 0. The number of rotatable bonds is 2. The van der Waals surface area contributed by atoms with Gasteiger partial charge in [0, 0.05) is 0 Å². The summed E-state index contributed by atoms with van der Waals surface area (Å²) in [6, 6.07) is 37.2. The van der Waals surface area contributed by atoms with Gasteiger partial charge < -0.3 is 0 Å². The van der Waals surface area contributed by atoms with Crippen LogP contribution in [0.25, 0.3) is 43.8 Å². The number of hydrogen-bond donors (Lipinski definition) is 0. The van der Waals surface area contributed by atoms with Crippen LogP contribution < -0.4 is 0 Å². The first-order valence-electron chi connectivity index (χ1n) is 10.4. The molecule has 0 spiro atoms. The maximum atomic E-state index is 2.25. The molecule has 5 rings (SSSR count). The van der Waals surface area contributed by atoms with Crippen molar-refractivity contribution in [3.05, 3.63) is 109 Å². The van der Waals surface area contributed by atoms with Gasteiger partial charge in [0.1, 0.15) is 0 Å². The second kappa shape index (κ2) is 8.32. The highest BCUT2D eigenvalue weighted by atomic mass is 14.2. The average molecular weight is 375 g/mol. The van der Waals surface area contributed by atoms with Crippen molar-refractivity contribution >= 4 is 21.5 Å². The quantitative estimate of drug-likeness (QED) is 0.271. The molecule has 0 saturated carbocycles. The van der Waals surface area contributed by atoms with E-state index >= 15 is 0 Å². The Morgan fingerprint density at radius 1 is 0.379 bits per heavy atom. The molecule has 0 aliphatic carbocycles. The van der Waals surface area contributed by atoms with E-state index in [1.165, 1.54) is 49.4 Å². The molecule has 0 fully saturated rings. The Labute approximate surface area is 173 Å². The van der Waals surface area contributed by atoms with E-state index in [2.05, 4.69) is 110 Å². The lowest BCUT2D eigenvalue weighted by molar-refractivity contribution is 1.47. The summed E-state index contributed by atoms with van der Waals surface area (Å²) in [5, 5.41) is 5.22. The highest BCUT2D eigenvalue weighted by Crippen LogP contribution is 2.43. The second-order valence-corrected chi connectivity index (χ2v) is 7.07. The predicted octanol–water partition coefficient (Wildman–Crippen LogP) is 8.66. The molecule has 0 nitrogen and oxygen atoms in total. The first-order chi connectivity index (χ1) is 14.3. The Kier molecular flexibility index (Phi) is 5.44. The van der Waals surface area contributed by atoms with E-state index in [0.717, 1.165) is 0 Å². The van der Waals surface area contributed by atoms with E-state index < -0.39 is 0 Å². The predicted molar refractivity (Wildman–Crippen MR) is 128 cm³/mol. The zero-order chi connectivity index (χ0) is 20.2. The van der Waals surface area contributed by atoms with Crippen LogP contribution in [-0.4, -0.2) is 0 Å². The molecule has 5 aromatic carbocycles. The van der Waals surface area contributed by atoms with Crippen molar-refractivity contribution in [2.45, 2.75) is 20.8 Å². The van der Waals surface area contributed by atoms with Crippen LogP contribution in [0.2, 0.25) is 0 Å². The Bertz CT molecular complexity index is 1190. The molecule has 0 aliphatic heterocycles. The lowest BCUT2D eigenvalue weighted by atomic mass is 9.86. The fourth-order valence-electron chi connectivity index (χ4n) is 4.08. The monoisotopic (exact) mass is 374 g/mol. The Morgan fingerprint density at radius 2 is 0.724 bits per heavy atom. The molecule has 0 unspecified atom stereocenters. The van der Waals surface area contributed by atoms with Gasteiger partial charge in [-0.1, -0.05) is 123 Å². The molecule has 0 heterocycles. The van der Waals surface area contributed by atoms with Gasteiger partial charge in [0.2, 0.25) is 0 Å². The maximum Gasteiger partial charge on any atom is -0.00264 e. The molecule has 0 heteroatoms. The van der Waals surface area contributed by atoms with Crippen LogP contribution in [0.3, 0.4) is 0 Å². The first-order valence-corrected chi connectivity index (χ1v) is 10.4. The lowest BCUT2D eigenvalue weighted by Gasteiger charge is -2.17. The minimum atomic E-state index is 1.26. The average Bonchev–Trinajstić information content (AvgIpc) is 2.80. The second-order valence-electron chi connectivity index (χ2n) is 7.07. The summed E-state index contributed by atoms with van der Waals surface area (Å²) < 4.78 is 0. The molecular formula is C29H26. The number of benzene rings is 5. The third-order valence-electron chi connectivity index (χ3n) is 5.33. The van der Waals surface area contributed by atoms with Crippen LogP contribution in [0.4, 0.5) is 0 Å². The SMILES string of the molecule is CC.Cc1ccc(-c2c3ccccc3c(-c3ccccc3)c3ccccc23)cc1. The van der Waals surface area contributed by atoms with E-state index in [-0.39, 0.29) is 0 Å². The summed E-state index contributed by atoms with van der Waals surface area (Å²) in [5.41, 5.74) is 6.46. The van der Waals surface area contributed by atoms with Gasteiger partial charge >= 0.3 is 0 Å². The number of hydrogen-bond acceptors (Lipinski definition) is 0. The van der Waals surface area contributed by atoms with Crippen LogP contribution in [-0.2, 0) is 0 Å². The summed E-state index contributed by atoms with van der Waals surface area (Å²) in [4.78, 5) is 0. The van der Waals surface area contributed by atoms with Crippen LogP contribution in [0.1, 0.15) is 19.4 Å². The zero-order valence-electron chi connectivity index (χ0n) is 17.3. The van der Waals surface area contributed by atoms with Crippen molar-refractivity contribution in [3.63, 3.8) is 0 Å². The summed E-state index contributed by atoms with van der Waals surface area (Å²) in [6.45, 7) is 6.14. The van der Waals surface area contributed by atoms with E-state index in [1.54, 1.807) is 0 Å². The third-order valence-corrected chi connectivity index (χ3v) is 5.33. The van der Waals surface area contributed by atoms with Gasteiger partial charge in [0.25, 0.3) is 0 Å². The Hall–Kier alpha value is -3.38. The minimum absolute atomic E-state index is 1.26. The molecule has 29 heavy (non-hydrogen) atoms. The van der Waals surface area contributed by atoms with Gasteiger partial charge in [-0.25, -0.2) is 0 Å². The molecular weight excluding hydrogens is 348 g/mol. The Balaban J connectivity index is 0.000000994. The van der Waals surface area contributed by atoms with Crippen molar-refractivity contribution < 1.29 is 0 Å². The van der Waals surface area contributed by atoms with Gasteiger partial charge in [0.15, 0.2) is 0 Å². The summed E-state index contributed by atoms with van der Waals surface area (Å²) in [5.74, 6) is 0. The van der Waals surface area contributed by atoms with Crippen LogP contribution >= 0.6 is 0 Å². The topological polar surface area (TPSA) is 0 Å². The summed E-state index contributed by atoms with van der Waals surface area (Å²) in [7, 11) is 0. The van der Waals surface area contributed by atoms with Crippen molar-refractivity contribution in [1.29, 1.82) is 0 Å². The Morgan fingerprint density at radius 3 is 1.14 bits per heavy atom. The molecule has 0 atom stereocenters. The van der Waals surface area contributed by atoms with Crippen LogP contribution in [0.5, 0.6) is 0 Å². The molecule has 5 aromatic rings. The van der Waals surface area contributed by atoms with Crippen molar-refractivity contribution in [1.82, 2.24) is 0 Å². The molecule has 0 amide bonds.